The van der Waals surface area contributed by atoms with Crippen molar-refractivity contribution in [3.8, 4) is 0 Å². The van der Waals surface area contributed by atoms with Crippen LogP contribution in [0.3, 0.4) is 0 Å². The van der Waals surface area contributed by atoms with Crippen LogP contribution in [0.1, 0.15) is 23.7 Å². The smallest absolute Gasteiger partial charge is 0.363 e. The average Bonchev–Trinajstić information content (AvgIpc) is 3.31. The molecule has 2 aromatic carbocycles. The molecule has 0 bridgehead atoms. The summed E-state index contributed by atoms with van der Waals surface area (Å²) in [6.07, 6.45) is 1.48. The van der Waals surface area contributed by atoms with Gasteiger partial charge in [-0.15, -0.1) is 11.3 Å². The summed E-state index contributed by atoms with van der Waals surface area (Å²) < 4.78 is 19.5. The van der Waals surface area contributed by atoms with Crippen molar-refractivity contribution in [3.05, 3.63) is 82.2 Å². The Kier molecular flexibility index (Phi) is 5.24. The molecule has 6 nitrogen and oxygen atoms in total. The van der Waals surface area contributed by atoms with Gasteiger partial charge in [-0.2, -0.15) is 0 Å². The summed E-state index contributed by atoms with van der Waals surface area (Å²) in [4.78, 5) is 34.2. The van der Waals surface area contributed by atoms with Crippen LogP contribution in [-0.4, -0.2) is 22.8 Å². The number of anilines is 2. The molecule has 0 unspecified atom stereocenters. The number of hydrogen-bond donors (Lipinski definition) is 0. The second kappa shape index (κ2) is 8.00. The molecule has 1 aliphatic rings. The first kappa shape index (κ1) is 19.7. The van der Waals surface area contributed by atoms with E-state index in [9.17, 15) is 14.0 Å². The molecule has 1 amide bonds. The molecule has 0 N–H and O–H groups in total. The van der Waals surface area contributed by atoms with Crippen LogP contribution in [0.4, 0.5) is 15.2 Å². The number of benzene rings is 2. The summed E-state index contributed by atoms with van der Waals surface area (Å²) in [5, 5.41) is 1.95. The number of hydrogen-bond acceptors (Lipinski definition) is 6. The highest BCUT2D eigenvalue weighted by Gasteiger charge is 2.25. The van der Waals surface area contributed by atoms with Crippen molar-refractivity contribution in [2.45, 2.75) is 13.8 Å². The molecular formula is C22H16FN3O3S. The van der Waals surface area contributed by atoms with Crippen molar-refractivity contribution in [2.24, 2.45) is 4.99 Å². The third kappa shape index (κ3) is 3.90. The lowest BCUT2D eigenvalue weighted by Crippen LogP contribution is -2.23. The number of halogens is 1. The molecule has 150 valence electrons. The summed E-state index contributed by atoms with van der Waals surface area (Å²) in [5.41, 5.74) is 2.35. The summed E-state index contributed by atoms with van der Waals surface area (Å²) in [6, 6.07) is 13.4. The standard InChI is InChI=1S/C22H16FN3O3S/c1-13-6-5-7-15(10-13)20-25-18(21(28)29-20)11-16-12-30-22(24-16)26(14(2)27)19-9-4-3-8-17(19)23/h3-12H,1-2H3. The van der Waals surface area contributed by atoms with Crippen LogP contribution >= 0.6 is 11.3 Å². The van der Waals surface area contributed by atoms with Crippen LogP contribution in [0.15, 0.2) is 64.6 Å². The van der Waals surface area contributed by atoms with Gasteiger partial charge in [-0.25, -0.2) is 19.2 Å². The predicted molar refractivity (Wildman–Crippen MR) is 113 cm³/mol. The highest BCUT2D eigenvalue weighted by atomic mass is 32.1. The van der Waals surface area contributed by atoms with Crippen LogP contribution < -0.4 is 4.90 Å². The average molecular weight is 421 g/mol. The molecule has 1 aliphatic heterocycles. The van der Waals surface area contributed by atoms with Gasteiger partial charge >= 0.3 is 5.97 Å². The molecule has 0 saturated carbocycles. The predicted octanol–water partition coefficient (Wildman–Crippen LogP) is 4.62. The number of para-hydroxylation sites is 1. The molecule has 3 aromatic rings. The zero-order chi connectivity index (χ0) is 21.3. The summed E-state index contributed by atoms with van der Waals surface area (Å²) in [5.74, 6) is -1.27. The van der Waals surface area contributed by atoms with E-state index in [0.29, 0.717) is 11.3 Å². The van der Waals surface area contributed by atoms with Crippen molar-refractivity contribution < 1.29 is 18.7 Å². The lowest BCUT2D eigenvalue weighted by molar-refractivity contribution is -0.130. The Morgan fingerprint density at radius 2 is 2.00 bits per heavy atom. The lowest BCUT2D eigenvalue weighted by Gasteiger charge is -2.18. The van der Waals surface area contributed by atoms with Gasteiger partial charge in [-0.1, -0.05) is 29.8 Å². The molecule has 0 aliphatic carbocycles. The number of rotatable bonds is 4. The number of amides is 1. The van der Waals surface area contributed by atoms with E-state index in [1.807, 2.05) is 31.2 Å². The van der Waals surface area contributed by atoms with Gasteiger partial charge in [0.1, 0.15) is 5.82 Å². The lowest BCUT2D eigenvalue weighted by atomic mass is 10.1. The second-order valence-electron chi connectivity index (χ2n) is 6.57. The number of aromatic nitrogens is 1. The Labute approximate surface area is 176 Å². The summed E-state index contributed by atoms with van der Waals surface area (Å²) in [6.45, 7) is 3.27. The van der Waals surface area contributed by atoms with Crippen LogP contribution in [-0.2, 0) is 14.3 Å². The Balaban J connectivity index is 1.65. The number of cyclic esters (lactones) is 1. The normalized spacial score (nSPS) is 14.6. The van der Waals surface area contributed by atoms with E-state index < -0.39 is 11.8 Å². The van der Waals surface area contributed by atoms with Gasteiger partial charge in [0.2, 0.25) is 11.8 Å². The number of nitrogens with zero attached hydrogens (tertiary/aromatic N) is 3. The molecule has 1 aromatic heterocycles. The number of carbonyl (C=O) groups excluding carboxylic acids is 2. The fourth-order valence-electron chi connectivity index (χ4n) is 2.94. The topological polar surface area (TPSA) is 71.9 Å². The molecule has 0 spiro atoms. The zero-order valence-corrected chi connectivity index (χ0v) is 16.9. The van der Waals surface area contributed by atoms with E-state index in [1.165, 1.54) is 30.0 Å². The Bertz CT molecular complexity index is 1220. The summed E-state index contributed by atoms with van der Waals surface area (Å²) >= 11 is 1.16. The number of thiazole rings is 1. The monoisotopic (exact) mass is 421 g/mol. The van der Waals surface area contributed by atoms with Gasteiger partial charge in [0.25, 0.3) is 0 Å². The van der Waals surface area contributed by atoms with Crippen LogP contribution in [0.2, 0.25) is 0 Å². The minimum absolute atomic E-state index is 0.101. The van der Waals surface area contributed by atoms with Gasteiger partial charge in [0.05, 0.1) is 11.4 Å². The minimum atomic E-state index is -0.585. The van der Waals surface area contributed by atoms with E-state index in [1.54, 1.807) is 17.5 Å². The molecule has 30 heavy (non-hydrogen) atoms. The van der Waals surface area contributed by atoms with Gasteiger partial charge in [0, 0.05) is 17.9 Å². The molecule has 8 heteroatoms. The maximum atomic E-state index is 14.2. The highest BCUT2D eigenvalue weighted by Crippen LogP contribution is 2.31. The van der Waals surface area contributed by atoms with E-state index >= 15 is 0 Å². The number of aliphatic imine (C=N–C) groups is 1. The maximum Gasteiger partial charge on any atom is 0.363 e. The zero-order valence-electron chi connectivity index (χ0n) is 16.1. The Hall–Kier alpha value is -3.65. The van der Waals surface area contributed by atoms with Crippen LogP contribution in [0.25, 0.3) is 6.08 Å². The molecule has 4 rings (SSSR count). The van der Waals surface area contributed by atoms with Crippen molar-refractivity contribution in [3.63, 3.8) is 0 Å². The molecule has 0 radical (unpaired) electrons. The van der Waals surface area contributed by atoms with Crippen molar-refractivity contribution >= 4 is 46.0 Å². The molecule has 2 heterocycles. The van der Waals surface area contributed by atoms with Crippen LogP contribution in [0, 0.1) is 12.7 Å². The third-order valence-electron chi connectivity index (χ3n) is 4.28. The largest absolute Gasteiger partial charge is 0.402 e. The minimum Gasteiger partial charge on any atom is -0.402 e. The highest BCUT2D eigenvalue weighted by molar-refractivity contribution is 7.14. The number of carbonyl (C=O) groups is 2. The molecule has 0 fully saturated rings. The maximum absolute atomic E-state index is 14.2. The van der Waals surface area contributed by atoms with E-state index in [0.717, 1.165) is 16.9 Å². The first-order valence-electron chi connectivity index (χ1n) is 9.03. The first-order valence-corrected chi connectivity index (χ1v) is 9.90. The van der Waals surface area contributed by atoms with Crippen molar-refractivity contribution in [2.75, 3.05) is 4.90 Å². The third-order valence-corrected chi connectivity index (χ3v) is 5.12. The van der Waals surface area contributed by atoms with Gasteiger partial charge in [-0.05, 0) is 37.3 Å². The Morgan fingerprint density at radius 3 is 2.73 bits per heavy atom. The fourth-order valence-corrected chi connectivity index (χ4v) is 3.77. The SMILES string of the molecule is CC(=O)N(c1nc(C=C2N=C(c3cccc(C)c3)OC2=O)cs1)c1ccccc1F. The van der Waals surface area contributed by atoms with E-state index in [2.05, 4.69) is 9.98 Å². The number of aryl methyl sites for hydroxylation is 1. The number of esters is 1. The fraction of sp³-hybridized carbons (Fsp3) is 0.0909. The second-order valence-corrected chi connectivity index (χ2v) is 7.40. The van der Waals surface area contributed by atoms with E-state index in [4.69, 9.17) is 4.74 Å². The molecule has 0 saturated heterocycles. The van der Waals surface area contributed by atoms with E-state index in [-0.39, 0.29) is 28.3 Å². The van der Waals surface area contributed by atoms with Gasteiger partial charge in [0.15, 0.2) is 10.8 Å². The first-order chi connectivity index (χ1) is 14.4. The number of ether oxygens (including phenoxy) is 1. The van der Waals surface area contributed by atoms with Gasteiger partial charge < -0.3 is 4.74 Å². The van der Waals surface area contributed by atoms with Gasteiger partial charge in [-0.3, -0.25) is 9.69 Å². The Morgan fingerprint density at radius 1 is 1.20 bits per heavy atom. The summed E-state index contributed by atoms with van der Waals surface area (Å²) in [7, 11) is 0. The van der Waals surface area contributed by atoms with Crippen LogP contribution in [0.5, 0.6) is 0 Å². The van der Waals surface area contributed by atoms with Crippen molar-refractivity contribution in [1.82, 2.24) is 4.98 Å². The molecular weight excluding hydrogens is 405 g/mol. The molecule has 0 atom stereocenters. The quantitative estimate of drug-likeness (QED) is 0.455. The van der Waals surface area contributed by atoms with Crippen molar-refractivity contribution in [1.29, 1.82) is 0 Å².